The lowest BCUT2D eigenvalue weighted by atomic mass is 9.95. The van der Waals surface area contributed by atoms with Crippen molar-refractivity contribution in [3.63, 3.8) is 0 Å². The molecule has 3 heterocycles. The zero-order chi connectivity index (χ0) is 18.8. The molecule has 8 heteroatoms. The zero-order valence-electron chi connectivity index (χ0n) is 15.6. The summed E-state index contributed by atoms with van der Waals surface area (Å²) in [6, 6.07) is 12.6. The summed E-state index contributed by atoms with van der Waals surface area (Å²) in [7, 11) is 0. The van der Waals surface area contributed by atoms with Gasteiger partial charge in [-0.2, -0.15) is 9.61 Å². The minimum atomic E-state index is 0.506. The summed E-state index contributed by atoms with van der Waals surface area (Å²) in [4.78, 5) is 0. The Bertz CT molecular complexity index is 1060. The second-order valence-electron chi connectivity index (χ2n) is 7.21. The number of benzene rings is 1. The smallest absolute Gasteiger partial charge is 0.200 e. The van der Waals surface area contributed by atoms with Crippen LogP contribution in [0.2, 0.25) is 0 Å². The SMILES string of the molecule is c1ccc(-c2cc(NCc3nncn3C3CCCCC3)c3nncn3n2)cc1. The van der Waals surface area contributed by atoms with Gasteiger partial charge in [0.1, 0.15) is 12.7 Å². The van der Waals surface area contributed by atoms with E-state index in [9.17, 15) is 0 Å². The molecule has 28 heavy (non-hydrogen) atoms. The van der Waals surface area contributed by atoms with Crippen LogP contribution in [0.3, 0.4) is 0 Å². The molecule has 8 nitrogen and oxygen atoms in total. The van der Waals surface area contributed by atoms with Crippen LogP contribution in [-0.2, 0) is 6.54 Å². The Morgan fingerprint density at radius 1 is 0.964 bits per heavy atom. The molecule has 0 radical (unpaired) electrons. The molecule has 0 atom stereocenters. The van der Waals surface area contributed by atoms with Crippen molar-refractivity contribution in [2.45, 2.75) is 44.7 Å². The number of nitrogens with zero attached hydrogens (tertiary/aromatic N) is 7. The van der Waals surface area contributed by atoms with Gasteiger partial charge in [-0.05, 0) is 18.9 Å². The van der Waals surface area contributed by atoms with Crippen LogP contribution in [0.4, 0.5) is 5.69 Å². The molecule has 1 saturated carbocycles. The molecule has 0 saturated heterocycles. The number of hydrogen-bond acceptors (Lipinski definition) is 6. The third-order valence-corrected chi connectivity index (χ3v) is 5.39. The highest BCUT2D eigenvalue weighted by Crippen LogP contribution is 2.29. The van der Waals surface area contributed by atoms with Gasteiger partial charge in [0.05, 0.1) is 17.9 Å². The number of nitrogens with one attached hydrogen (secondary N) is 1. The second-order valence-corrected chi connectivity index (χ2v) is 7.21. The van der Waals surface area contributed by atoms with E-state index in [-0.39, 0.29) is 0 Å². The van der Waals surface area contributed by atoms with E-state index >= 15 is 0 Å². The fourth-order valence-electron chi connectivity index (χ4n) is 3.94. The third kappa shape index (κ3) is 3.21. The number of aromatic nitrogens is 7. The number of fused-ring (bicyclic) bond motifs is 1. The van der Waals surface area contributed by atoms with Gasteiger partial charge in [-0.25, -0.2) is 0 Å². The van der Waals surface area contributed by atoms with Gasteiger partial charge in [0.15, 0.2) is 5.82 Å². The fourth-order valence-corrected chi connectivity index (χ4v) is 3.94. The molecule has 1 fully saturated rings. The van der Waals surface area contributed by atoms with Crippen molar-refractivity contribution in [1.82, 2.24) is 34.6 Å². The first-order valence-corrected chi connectivity index (χ1v) is 9.77. The maximum atomic E-state index is 4.62. The van der Waals surface area contributed by atoms with Crippen molar-refractivity contribution >= 4 is 11.3 Å². The summed E-state index contributed by atoms with van der Waals surface area (Å²) in [6.07, 6.45) is 9.77. The third-order valence-electron chi connectivity index (χ3n) is 5.39. The van der Waals surface area contributed by atoms with Crippen molar-refractivity contribution in [2.75, 3.05) is 5.32 Å². The van der Waals surface area contributed by atoms with Crippen molar-refractivity contribution in [3.8, 4) is 11.3 Å². The summed E-state index contributed by atoms with van der Waals surface area (Å²) in [5, 5.41) is 24.8. The zero-order valence-corrected chi connectivity index (χ0v) is 15.6. The van der Waals surface area contributed by atoms with E-state index in [1.807, 2.05) is 42.7 Å². The molecule has 4 aromatic rings. The molecular weight excluding hydrogens is 352 g/mol. The van der Waals surface area contributed by atoms with E-state index in [4.69, 9.17) is 0 Å². The maximum Gasteiger partial charge on any atom is 0.200 e. The molecule has 0 amide bonds. The van der Waals surface area contributed by atoms with Crippen LogP contribution in [0.25, 0.3) is 16.9 Å². The van der Waals surface area contributed by atoms with Gasteiger partial charge >= 0.3 is 0 Å². The van der Waals surface area contributed by atoms with Gasteiger partial charge in [-0.1, -0.05) is 49.6 Å². The van der Waals surface area contributed by atoms with Crippen molar-refractivity contribution in [3.05, 3.63) is 54.9 Å². The monoisotopic (exact) mass is 374 g/mol. The minimum absolute atomic E-state index is 0.506. The molecule has 0 spiro atoms. The quantitative estimate of drug-likeness (QED) is 0.575. The van der Waals surface area contributed by atoms with Gasteiger partial charge in [0, 0.05) is 11.6 Å². The molecule has 0 bridgehead atoms. The summed E-state index contributed by atoms with van der Waals surface area (Å²) in [6.45, 7) is 0.581. The number of hydrogen-bond donors (Lipinski definition) is 1. The number of anilines is 1. The lowest BCUT2D eigenvalue weighted by Gasteiger charge is -2.24. The Hall–Kier alpha value is -3.29. The van der Waals surface area contributed by atoms with E-state index in [0.717, 1.165) is 22.8 Å². The topological polar surface area (TPSA) is 85.8 Å². The number of rotatable bonds is 5. The first kappa shape index (κ1) is 16.9. The Kier molecular flexibility index (Phi) is 4.44. The van der Waals surface area contributed by atoms with Crippen LogP contribution in [-0.4, -0.2) is 34.6 Å². The van der Waals surface area contributed by atoms with Crippen LogP contribution in [0, 0.1) is 0 Å². The Morgan fingerprint density at radius 2 is 1.79 bits per heavy atom. The molecule has 1 aromatic carbocycles. The molecule has 1 aliphatic rings. The lowest BCUT2D eigenvalue weighted by Crippen LogP contribution is -2.17. The highest BCUT2D eigenvalue weighted by Gasteiger charge is 2.19. The predicted octanol–water partition coefficient (Wildman–Crippen LogP) is 3.50. The van der Waals surface area contributed by atoms with Crippen molar-refractivity contribution < 1.29 is 0 Å². The fraction of sp³-hybridized carbons (Fsp3) is 0.350. The highest BCUT2D eigenvalue weighted by atomic mass is 15.4. The van der Waals surface area contributed by atoms with Gasteiger partial charge in [0.2, 0.25) is 5.65 Å². The van der Waals surface area contributed by atoms with Gasteiger partial charge < -0.3 is 9.88 Å². The van der Waals surface area contributed by atoms with Gasteiger partial charge in [-0.3, -0.25) is 0 Å². The van der Waals surface area contributed by atoms with E-state index in [1.165, 1.54) is 32.1 Å². The van der Waals surface area contributed by atoms with E-state index < -0.39 is 0 Å². The minimum Gasteiger partial charge on any atom is -0.375 e. The van der Waals surface area contributed by atoms with E-state index in [0.29, 0.717) is 18.2 Å². The molecule has 1 aliphatic carbocycles. The molecule has 142 valence electrons. The van der Waals surface area contributed by atoms with Crippen LogP contribution >= 0.6 is 0 Å². The van der Waals surface area contributed by atoms with E-state index in [2.05, 4.69) is 35.4 Å². The van der Waals surface area contributed by atoms with Crippen LogP contribution in [0.5, 0.6) is 0 Å². The summed E-state index contributed by atoms with van der Waals surface area (Å²) in [5.41, 5.74) is 3.49. The first-order valence-electron chi connectivity index (χ1n) is 9.77. The summed E-state index contributed by atoms with van der Waals surface area (Å²) >= 11 is 0. The summed E-state index contributed by atoms with van der Waals surface area (Å²) < 4.78 is 3.93. The molecule has 0 unspecified atom stereocenters. The molecule has 0 aliphatic heterocycles. The lowest BCUT2D eigenvalue weighted by molar-refractivity contribution is 0.346. The van der Waals surface area contributed by atoms with Gasteiger partial charge in [-0.15, -0.1) is 20.4 Å². The van der Waals surface area contributed by atoms with Crippen LogP contribution in [0.15, 0.2) is 49.1 Å². The average molecular weight is 374 g/mol. The normalized spacial score (nSPS) is 15.1. The van der Waals surface area contributed by atoms with Crippen LogP contribution in [0.1, 0.15) is 44.0 Å². The van der Waals surface area contributed by atoms with Gasteiger partial charge in [0.25, 0.3) is 0 Å². The molecule has 1 N–H and O–H groups in total. The van der Waals surface area contributed by atoms with E-state index in [1.54, 1.807) is 10.8 Å². The molecular formula is C20H22N8. The Balaban J connectivity index is 1.43. The van der Waals surface area contributed by atoms with Crippen molar-refractivity contribution in [2.24, 2.45) is 0 Å². The van der Waals surface area contributed by atoms with Crippen LogP contribution < -0.4 is 5.32 Å². The van der Waals surface area contributed by atoms with Crippen molar-refractivity contribution in [1.29, 1.82) is 0 Å². The molecule has 5 rings (SSSR count). The maximum absolute atomic E-state index is 4.62. The largest absolute Gasteiger partial charge is 0.375 e. The predicted molar refractivity (Wildman–Crippen MR) is 106 cm³/mol. The Morgan fingerprint density at radius 3 is 2.64 bits per heavy atom. The standard InChI is InChI=1S/C20H22N8/c1-3-7-15(8-4-1)17-11-18(20-25-23-14-28(20)26-17)21-12-19-24-22-13-27(19)16-9-5-2-6-10-16/h1,3-4,7-8,11,13-14,16,21H,2,5-6,9-10,12H2. The molecule has 3 aromatic heterocycles. The first-order chi connectivity index (χ1) is 13.9. The summed E-state index contributed by atoms with van der Waals surface area (Å²) in [5.74, 6) is 0.947. The average Bonchev–Trinajstić information content (AvgIpc) is 3.42. The second kappa shape index (κ2) is 7.38. The Labute approximate surface area is 162 Å². The highest BCUT2D eigenvalue weighted by molar-refractivity contribution is 5.73.